The van der Waals surface area contributed by atoms with Crippen molar-refractivity contribution in [1.29, 1.82) is 0 Å². The summed E-state index contributed by atoms with van der Waals surface area (Å²) in [4.78, 5) is 2.41. The zero-order chi connectivity index (χ0) is 12.3. The van der Waals surface area contributed by atoms with E-state index in [0.717, 1.165) is 31.5 Å². The van der Waals surface area contributed by atoms with Crippen LogP contribution < -0.4 is 5.32 Å². The highest BCUT2D eigenvalue weighted by Crippen LogP contribution is 2.19. The zero-order valence-corrected chi connectivity index (χ0v) is 11.8. The molecule has 100 valence electrons. The second-order valence-electron chi connectivity index (χ2n) is 4.40. The van der Waals surface area contributed by atoms with E-state index in [1.54, 1.807) is 7.11 Å². The first-order valence-corrected chi connectivity index (χ1v) is 7.56. The Labute approximate surface area is 110 Å². The van der Waals surface area contributed by atoms with E-state index in [0.29, 0.717) is 0 Å². The van der Waals surface area contributed by atoms with Gasteiger partial charge in [-0.1, -0.05) is 6.08 Å². The molecule has 0 unspecified atom stereocenters. The highest BCUT2D eigenvalue weighted by molar-refractivity contribution is 7.99. The SMILES string of the molecule is C=CCN(CCOC)CCSC1CCNCC1. The number of ether oxygens (including phenoxy) is 1. The van der Waals surface area contributed by atoms with Crippen molar-refractivity contribution in [3.63, 3.8) is 0 Å². The number of rotatable bonds is 9. The van der Waals surface area contributed by atoms with Gasteiger partial charge in [0, 0.05) is 37.7 Å². The molecule has 0 aromatic carbocycles. The first kappa shape index (κ1) is 15.0. The first-order valence-electron chi connectivity index (χ1n) is 6.51. The summed E-state index contributed by atoms with van der Waals surface area (Å²) in [7, 11) is 1.76. The molecule has 1 N–H and O–H groups in total. The van der Waals surface area contributed by atoms with Crippen LogP contribution in [0.25, 0.3) is 0 Å². The second kappa shape index (κ2) is 9.95. The van der Waals surface area contributed by atoms with Crippen LogP contribution in [0, 0.1) is 0 Å². The van der Waals surface area contributed by atoms with Crippen LogP contribution in [0.4, 0.5) is 0 Å². The maximum Gasteiger partial charge on any atom is 0.0589 e. The number of thioether (sulfide) groups is 1. The minimum Gasteiger partial charge on any atom is -0.383 e. The van der Waals surface area contributed by atoms with Crippen LogP contribution >= 0.6 is 11.8 Å². The molecule has 3 nitrogen and oxygen atoms in total. The van der Waals surface area contributed by atoms with Gasteiger partial charge in [0.1, 0.15) is 0 Å². The zero-order valence-electron chi connectivity index (χ0n) is 11.0. The Morgan fingerprint density at radius 2 is 2.18 bits per heavy atom. The molecule has 17 heavy (non-hydrogen) atoms. The highest BCUT2D eigenvalue weighted by atomic mass is 32.2. The minimum atomic E-state index is 0.811. The molecular weight excluding hydrogens is 232 g/mol. The number of piperidine rings is 1. The van der Waals surface area contributed by atoms with Crippen LogP contribution in [0.15, 0.2) is 12.7 Å². The van der Waals surface area contributed by atoms with Crippen LogP contribution in [0.2, 0.25) is 0 Å². The topological polar surface area (TPSA) is 24.5 Å². The molecule has 0 atom stereocenters. The van der Waals surface area contributed by atoms with Crippen LogP contribution in [0.1, 0.15) is 12.8 Å². The fraction of sp³-hybridized carbons (Fsp3) is 0.846. The summed E-state index contributed by atoms with van der Waals surface area (Å²) in [5.74, 6) is 1.22. The predicted octanol–water partition coefficient (Wildman–Crippen LogP) is 1.61. The molecule has 1 aliphatic rings. The van der Waals surface area contributed by atoms with Gasteiger partial charge in [-0.3, -0.25) is 4.90 Å². The minimum absolute atomic E-state index is 0.811. The van der Waals surface area contributed by atoms with Crippen molar-refractivity contribution in [2.45, 2.75) is 18.1 Å². The molecule has 0 amide bonds. The molecule has 1 rings (SSSR count). The van der Waals surface area contributed by atoms with Gasteiger partial charge in [-0.15, -0.1) is 6.58 Å². The fourth-order valence-corrected chi connectivity index (χ4v) is 3.27. The van der Waals surface area contributed by atoms with Crippen LogP contribution in [-0.2, 0) is 4.74 Å². The standard InChI is InChI=1S/C13H26N2OS/c1-3-8-15(9-11-16-2)10-12-17-13-4-6-14-7-5-13/h3,13-14H,1,4-12H2,2H3. The third kappa shape index (κ3) is 7.09. The maximum absolute atomic E-state index is 5.12. The van der Waals surface area contributed by atoms with Gasteiger partial charge in [-0.05, 0) is 25.9 Å². The Morgan fingerprint density at radius 1 is 1.41 bits per heavy atom. The van der Waals surface area contributed by atoms with Crippen molar-refractivity contribution in [3.8, 4) is 0 Å². The molecule has 0 aromatic heterocycles. The molecule has 0 radical (unpaired) electrons. The Kier molecular flexibility index (Phi) is 8.79. The van der Waals surface area contributed by atoms with Crippen molar-refractivity contribution in [2.24, 2.45) is 0 Å². The smallest absolute Gasteiger partial charge is 0.0589 e. The van der Waals surface area contributed by atoms with Gasteiger partial charge in [0.2, 0.25) is 0 Å². The summed E-state index contributed by atoms with van der Waals surface area (Å²) in [5, 5.41) is 4.27. The Hall–Kier alpha value is -0.0300. The maximum atomic E-state index is 5.12. The van der Waals surface area contributed by atoms with Gasteiger partial charge in [0.25, 0.3) is 0 Å². The average molecular weight is 258 g/mol. The number of nitrogens with zero attached hydrogens (tertiary/aromatic N) is 1. The molecule has 1 saturated heterocycles. The number of hydrogen-bond acceptors (Lipinski definition) is 4. The van der Waals surface area contributed by atoms with E-state index < -0.39 is 0 Å². The van der Waals surface area contributed by atoms with E-state index in [1.807, 2.05) is 6.08 Å². The van der Waals surface area contributed by atoms with Gasteiger partial charge in [-0.2, -0.15) is 11.8 Å². The Balaban J connectivity index is 2.09. The van der Waals surface area contributed by atoms with Gasteiger partial charge in [-0.25, -0.2) is 0 Å². The molecule has 0 spiro atoms. The highest BCUT2D eigenvalue weighted by Gasteiger charge is 2.13. The van der Waals surface area contributed by atoms with Crippen LogP contribution in [0.5, 0.6) is 0 Å². The van der Waals surface area contributed by atoms with Crippen molar-refractivity contribution in [3.05, 3.63) is 12.7 Å². The average Bonchev–Trinajstić information content (AvgIpc) is 2.37. The lowest BCUT2D eigenvalue weighted by Crippen LogP contribution is -2.32. The van der Waals surface area contributed by atoms with E-state index in [1.165, 1.54) is 31.7 Å². The lowest BCUT2D eigenvalue weighted by atomic mass is 10.2. The fourth-order valence-electron chi connectivity index (χ4n) is 2.01. The molecular formula is C13H26N2OS. The van der Waals surface area contributed by atoms with Crippen molar-refractivity contribution in [1.82, 2.24) is 10.2 Å². The van der Waals surface area contributed by atoms with Crippen LogP contribution in [0.3, 0.4) is 0 Å². The van der Waals surface area contributed by atoms with E-state index in [2.05, 4.69) is 28.6 Å². The van der Waals surface area contributed by atoms with E-state index in [4.69, 9.17) is 4.74 Å². The first-order chi connectivity index (χ1) is 8.36. The lowest BCUT2D eigenvalue weighted by Gasteiger charge is -2.24. The predicted molar refractivity (Wildman–Crippen MR) is 76.9 cm³/mol. The van der Waals surface area contributed by atoms with Gasteiger partial charge >= 0.3 is 0 Å². The van der Waals surface area contributed by atoms with E-state index >= 15 is 0 Å². The third-order valence-electron chi connectivity index (χ3n) is 3.05. The van der Waals surface area contributed by atoms with E-state index in [-0.39, 0.29) is 0 Å². The molecule has 1 heterocycles. The van der Waals surface area contributed by atoms with Crippen LogP contribution in [-0.4, -0.2) is 62.3 Å². The third-order valence-corrected chi connectivity index (χ3v) is 4.41. The molecule has 0 bridgehead atoms. The molecule has 0 aliphatic carbocycles. The number of methoxy groups -OCH3 is 1. The summed E-state index contributed by atoms with van der Waals surface area (Å²) < 4.78 is 5.12. The Bertz CT molecular complexity index is 196. The summed E-state index contributed by atoms with van der Waals surface area (Å²) in [6, 6.07) is 0. The normalized spacial score (nSPS) is 17.5. The Morgan fingerprint density at radius 3 is 2.82 bits per heavy atom. The second-order valence-corrected chi connectivity index (χ2v) is 5.81. The molecule has 0 aromatic rings. The molecule has 1 aliphatic heterocycles. The summed E-state index contributed by atoms with van der Waals surface area (Å²) in [5.41, 5.74) is 0. The molecule has 0 saturated carbocycles. The quantitative estimate of drug-likeness (QED) is 0.635. The van der Waals surface area contributed by atoms with Gasteiger partial charge in [0.05, 0.1) is 6.61 Å². The largest absolute Gasteiger partial charge is 0.383 e. The van der Waals surface area contributed by atoms with Gasteiger partial charge in [0.15, 0.2) is 0 Å². The summed E-state index contributed by atoms with van der Waals surface area (Å²) >= 11 is 2.13. The molecule has 1 fully saturated rings. The lowest BCUT2D eigenvalue weighted by molar-refractivity contribution is 0.158. The summed E-state index contributed by atoms with van der Waals surface area (Å²) in [6.07, 6.45) is 4.62. The number of nitrogens with one attached hydrogen (secondary N) is 1. The van der Waals surface area contributed by atoms with E-state index in [9.17, 15) is 0 Å². The van der Waals surface area contributed by atoms with Crippen molar-refractivity contribution >= 4 is 11.8 Å². The van der Waals surface area contributed by atoms with Gasteiger partial charge < -0.3 is 10.1 Å². The molecule has 4 heteroatoms. The monoisotopic (exact) mass is 258 g/mol. The number of hydrogen-bond donors (Lipinski definition) is 1. The summed E-state index contributed by atoms with van der Waals surface area (Å²) in [6.45, 7) is 10.1. The van der Waals surface area contributed by atoms with Crippen molar-refractivity contribution < 1.29 is 4.74 Å². The van der Waals surface area contributed by atoms with Crippen molar-refractivity contribution in [2.75, 3.05) is 52.2 Å².